The maximum absolute atomic E-state index is 11.8. The number of carbonyl (C=O) groups excluding carboxylic acids is 1. The minimum Gasteiger partial charge on any atom is -0.477 e. The molecule has 4 nitrogen and oxygen atoms in total. The first-order valence-corrected chi connectivity index (χ1v) is 7.18. The van der Waals surface area contributed by atoms with Crippen LogP contribution in [0.25, 0.3) is 0 Å². The quantitative estimate of drug-likeness (QED) is 0.783. The summed E-state index contributed by atoms with van der Waals surface area (Å²) in [6.45, 7) is 5.70. The zero-order chi connectivity index (χ0) is 15.1. The topological polar surface area (TPSA) is 55.8 Å². The summed E-state index contributed by atoms with van der Waals surface area (Å²) < 4.78 is 10.6. The molecule has 0 heterocycles. The summed E-state index contributed by atoms with van der Waals surface area (Å²) in [7, 11) is 0. The van der Waals surface area contributed by atoms with E-state index in [1.807, 2.05) is 6.92 Å². The largest absolute Gasteiger partial charge is 0.477 e. The number of aliphatic hydroxyl groups excluding tert-OH is 1. The van der Waals surface area contributed by atoms with Gasteiger partial charge < -0.3 is 14.6 Å². The molecule has 0 amide bonds. The molecule has 2 unspecified atom stereocenters. The summed E-state index contributed by atoms with van der Waals surface area (Å²) in [4.78, 5) is 11.8. The van der Waals surface area contributed by atoms with E-state index in [2.05, 4.69) is 0 Å². The summed E-state index contributed by atoms with van der Waals surface area (Å²) in [6.07, 6.45) is 0.105. The number of esters is 1. The molecule has 0 saturated carbocycles. The second kappa shape index (κ2) is 8.12. The van der Waals surface area contributed by atoms with Gasteiger partial charge in [-0.2, -0.15) is 0 Å². The number of halogens is 1. The van der Waals surface area contributed by atoms with Crippen molar-refractivity contribution in [1.82, 2.24) is 0 Å². The van der Waals surface area contributed by atoms with Crippen molar-refractivity contribution in [2.75, 3.05) is 6.61 Å². The average molecular weight is 301 g/mol. The van der Waals surface area contributed by atoms with Crippen LogP contribution in [0.15, 0.2) is 18.2 Å². The number of hydrogen-bond donors (Lipinski definition) is 1. The molecule has 0 saturated heterocycles. The third kappa shape index (κ3) is 4.69. The van der Waals surface area contributed by atoms with E-state index in [1.165, 1.54) is 0 Å². The van der Waals surface area contributed by atoms with Gasteiger partial charge in [-0.05, 0) is 38.0 Å². The highest BCUT2D eigenvalue weighted by Crippen LogP contribution is 2.29. The van der Waals surface area contributed by atoms with Gasteiger partial charge in [0.05, 0.1) is 17.7 Å². The smallest absolute Gasteiger partial charge is 0.347 e. The second-order valence-corrected chi connectivity index (χ2v) is 4.92. The summed E-state index contributed by atoms with van der Waals surface area (Å²) in [5, 5.41) is 9.86. The highest BCUT2D eigenvalue weighted by atomic mass is 35.5. The Bertz CT molecular complexity index is 445. The maximum atomic E-state index is 11.8. The van der Waals surface area contributed by atoms with Gasteiger partial charge in [0.15, 0.2) is 6.10 Å². The fourth-order valence-corrected chi connectivity index (χ4v) is 1.98. The first-order valence-electron chi connectivity index (χ1n) is 6.80. The van der Waals surface area contributed by atoms with Crippen LogP contribution in [0.5, 0.6) is 5.75 Å². The lowest BCUT2D eigenvalue weighted by Gasteiger charge is -2.18. The molecule has 0 spiro atoms. The zero-order valence-corrected chi connectivity index (χ0v) is 12.8. The van der Waals surface area contributed by atoms with Gasteiger partial charge in [0.25, 0.3) is 0 Å². The van der Waals surface area contributed by atoms with Gasteiger partial charge >= 0.3 is 5.97 Å². The fraction of sp³-hybridized carbons (Fsp3) is 0.533. The highest BCUT2D eigenvalue weighted by molar-refractivity contribution is 6.32. The van der Waals surface area contributed by atoms with Crippen LogP contribution in [0.3, 0.4) is 0 Å². The molecule has 1 rings (SSSR count). The predicted molar refractivity (Wildman–Crippen MR) is 78.0 cm³/mol. The van der Waals surface area contributed by atoms with Crippen molar-refractivity contribution in [1.29, 1.82) is 0 Å². The van der Waals surface area contributed by atoms with Crippen LogP contribution >= 0.6 is 11.6 Å². The van der Waals surface area contributed by atoms with Gasteiger partial charge in [0.2, 0.25) is 0 Å². The van der Waals surface area contributed by atoms with Gasteiger partial charge in [-0.25, -0.2) is 4.79 Å². The Labute approximate surface area is 124 Å². The van der Waals surface area contributed by atoms with E-state index in [4.69, 9.17) is 21.1 Å². The number of benzene rings is 1. The fourth-order valence-electron chi connectivity index (χ4n) is 1.75. The Morgan fingerprint density at radius 1 is 1.40 bits per heavy atom. The molecule has 112 valence electrons. The van der Waals surface area contributed by atoms with E-state index in [0.717, 1.165) is 6.42 Å². The first-order chi connectivity index (χ1) is 9.49. The first kappa shape index (κ1) is 16.8. The number of aliphatic hydroxyl groups is 1. The third-order valence-electron chi connectivity index (χ3n) is 2.81. The molecule has 0 fully saturated rings. The van der Waals surface area contributed by atoms with E-state index in [1.54, 1.807) is 32.0 Å². The molecule has 0 aliphatic carbocycles. The van der Waals surface area contributed by atoms with Crippen LogP contribution in [-0.4, -0.2) is 23.8 Å². The lowest BCUT2D eigenvalue weighted by atomic mass is 10.1. The van der Waals surface area contributed by atoms with Crippen LogP contribution in [-0.2, 0) is 9.53 Å². The average Bonchev–Trinajstić information content (AvgIpc) is 2.40. The zero-order valence-electron chi connectivity index (χ0n) is 12.1. The van der Waals surface area contributed by atoms with Crippen molar-refractivity contribution in [3.8, 4) is 5.75 Å². The minimum atomic E-state index is -0.658. The minimum absolute atomic E-state index is 0.317. The van der Waals surface area contributed by atoms with Crippen LogP contribution < -0.4 is 4.74 Å². The van der Waals surface area contributed by atoms with Crippen molar-refractivity contribution < 1.29 is 19.4 Å². The number of rotatable bonds is 7. The van der Waals surface area contributed by atoms with Gasteiger partial charge in [-0.15, -0.1) is 0 Å². The Balaban J connectivity index is 2.85. The Hall–Kier alpha value is -1.26. The molecule has 2 atom stereocenters. The van der Waals surface area contributed by atoms with Crippen LogP contribution in [0.2, 0.25) is 5.02 Å². The van der Waals surface area contributed by atoms with Crippen LogP contribution in [0.4, 0.5) is 0 Å². The molecule has 0 aromatic heterocycles. The molecule has 0 aliphatic heterocycles. The summed E-state index contributed by atoms with van der Waals surface area (Å²) in [5.74, 6) is 0.0348. The third-order valence-corrected chi connectivity index (χ3v) is 3.10. The lowest BCUT2D eigenvalue weighted by Crippen LogP contribution is -2.29. The second-order valence-electron chi connectivity index (χ2n) is 4.51. The molecular weight excluding hydrogens is 280 g/mol. The molecule has 0 bridgehead atoms. The van der Waals surface area contributed by atoms with E-state index >= 15 is 0 Å². The Morgan fingerprint density at radius 2 is 2.10 bits per heavy atom. The Kier molecular flexibility index (Phi) is 6.82. The van der Waals surface area contributed by atoms with E-state index in [0.29, 0.717) is 29.4 Å². The van der Waals surface area contributed by atoms with Crippen molar-refractivity contribution >= 4 is 17.6 Å². The summed E-state index contributed by atoms with van der Waals surface area (Å²) in [5.41, 5.74) is 0.700. The Morgan fingerprint density at radius 3 is 2.60 bits per heavy atom. The SMILES string of the molecule is CCCC(Oc1ccc(C(C)O)cc1Cl)C(=O)OCC. The predicted octanol–water partition coefficient (Wildman–Crippen LogP) is 3.50. The molecule has 1 aromatic rings. The van der Waals surface area contributed by atoms with Gasteiger partial charge in [0.1, 0.15) is 5.75 Å². The lowest BCUT2D eigenvalue weighted by molar-refractivity contribution is -0.151. The van der Waals surface area contributed by atoms with Crippen molar-refractivity contribution in [3.63, 3.8) is 0 Å². The normalized spacial score (nSPS) is 13.7. The van der Waals surface area contributed by atoms with Gasteiger partial charge in [0, 0.05) is 0 Å². The molecule has 1 N–H and O–H groups in total. The van der Waals surface area contributed by atoms with Crippen molar-refractivity contribution in [2.24, 2.45) is 0 Å². The van der Waals surface area contributed by atoms with E-state index < -0.39 is 12.2 Å². The molecule has 5 heteroatoms. The maximum Gasteiger partial charge on any atom is 0.347 e. The molecule has 1 aromatic carbocycles. The number of carbonyl (C=O) groups is 1. The summed E-state index contributed by atoms with van der Waals surface area (Å²) in [6, 6.07) is 5.02. The van der Waals surface area contributed by atoms with Crippen molar-refractivity contribution in [3.05, 3.63) is 28.8 Å². The molecule has 0 aliphatic rings. The standard InChI is InChI=1S/C15H21ClO4/c1-4-6-14(15(18)19-5-2)20-13-8-7-11(10(3)17)9-12(13)16/h7-10,14,17H,4-6H2,1-3H3. The van der Waals surface area contributed by atoms with Crippen LogP contribution in [0.1, 0.15) is 45.3 Å². The monoisotopic (exact) mass is 300 g/mol. The molecule has 20 heavy (non-hydrogen) atoms. The van der Waals surface area contributed by atoms with Crippen molar-refractivity contribution in [2.45, 2.75) is 45.8 Å². The molecular formula is C15H21ClO4. The van der Waals surface area contributed by atoms with E-state index in [-0.39, 0.29) is 5.97 Å². The molecule has 0 radical (unpaired) electrons. The summed E-state index contributed by atoms with van der Waals surface area (Å²) >= 11 is 6.11. The van der Waals surface area contributed by atoms with Gasteiger partial charge in [-0.1, -0.05) is 31.0 Å². The number of hydrogen-bond acceptors (Lipinski definition) is 4. The number of ether oxygens (including phenoxy) is 2. The van der Waals surface area contributed by atoms with Crippen LogP contribution in [0, 0.1) is 0 Å². The van der Waals surface area contributed by atoms with E-state index in [9.17, 15) is 9.90 Å². The van der Waals surface area contributed by atoms with Gasteiger partial charge in [-0.3, -0.25) is 0 Å². The highest BCUT2D eigenvalue weighted by Gasteiger charge is 2.22.